The van der Waals surface area contributed by atoms with Gasteiger partial charge in [-0.25, -0.2) is 4.98 Å². The lowest BCUT2D eigenvalue weighted by Crippen LogP contribution is -2.48. The van der Waals surface area contributed by atoms with Gasteiger partial charge in [0, 0.05) is 38.8 Å². The fourth-order valence-electron chi connectivity index (χ4n) is 2.84. The molecule has 0 saturated carbocycles. The number of hydrogen-bond acceptors (Lipinski definition) is 5. The van der Waals surface area contributed by atoms with Gasteiger partial charge in [-0.15, -0.1) is 0 Å². The molecule has 1 atom stereocenters. The van der Waals surface area contributed by atoms with Gasteiger partial charge in [0.15, 0.2) is 0 Å². The maximum absolute atomic E-state index is 12.6. The third-order valence-corrected chi connectivity index (χ3v) is 4.60. The van der Waals surface area contributed by atoms with Gasteiger partial charge >= 0.3 is 0 Å². The predicted octanol–water partition coefficient (Wildman–Crippen LogP) is 1.68. The van der Waals surface area contributed by atoms with Crippen molar-refractivity contribution < 1.29 is 14.3 Å². The van der Waals surface area contributed by atoms with Crippen molar-refractivity contribution in [1.29, 1.82) is 0 Å². The number of aromatic nitrogens is 1. The van der Waals surface area contributed by atoms with Gasteiger partial charge in [-0.1, -0.05) is 18.5 Å². The van der Waals surface area contributed by atoms with Gasteiger partial charge in [-0.05, 0) is 12.6 Å². The molecule has 2 saturated heterocycles. The Balaban J connectivity index is 1.63. The average molecular weight is 340 g/mol. The van der Waals surface area contributed by atoms with Crippen LogP contribution in [-0.4, -0.2) is 72.7 Å². The van der Waals surface area contributed by atoms with Gasteiger partial charge in [-0.2, -0.15) is 0 Å². The minimum Gasteiger partial charge on any atom is -0.471 e. The number of likely N-dealkylation sites (N-methyl/N-ethyl adjacent to an activating group) is 1. The first-order chi connectivity index (χ1) is 11.2. The van der Waals surface area contributed by atoms with Crippen molar-refractivity contribution in [3.63, 3.8) is 0 Å². The number of hydrogen-bond donors (Lipinski definition) is 0. The fraction of sp³-hybridized carbons (Fsp3) is 0.625. The number of amides is 1. The first-order valence-corrected chi connectivity index (χ1v) is 8.46. The summed E-state index contributed by atoms with van der Waals surface area (Å²) in [6.45, 7) is 7.70. The number of pyridine rings is 1. The second-order valence-electron chi connectivity index (χ2n) is 5.84. The molecule has 0 aromatic carbocycles. The van der Waals surface area contributed by atoms with Crippen molar-refractivity contribution in [1.82, 2.24) is 14.8 Å². The number of nitrogens with zero attached hydrogens (tertiary/aromatic N) is 3. The molecule has 6 nitrogen and oxygen atoms in total. The molecule has 1 aromatic rings. The average Bonchev–Trinajstić information content (AvgIpc) is 3.09. The summed E-state index contributed by atoms with van der Waals surface area (Å²) in [5.41, 5.74) is 0.509. The van der Waals surface area contributed by atoms with Crippen molar-refractivity contribution in [2.75, 3.05) is 45.9 Å². The van der Waals surface area contributed by atoms with E-state index in [1.54, 1.807) is 12.3 Å². The number of halogens is 1. The maximum Gasteiger partial charge on any atom is 0.255 e. The van der Waals surface area contributed by atoms with Crippen LogP contribution in [0.5, 0.6) is 5.88 Å². The van der Waals surface area contributed by atoms with Gasteiger partial charge in [-0.3, -0.25) is 4.79 Å². The summed E-state index contributed by atoms with van der Waals surface area (Å²) >= 11 is 6.23. The highest BCUT2D eigenvalue weighted by molar-refractivity contribution is 6.32. The van der Waals surface area contributed by atoms with E-state index in [1.807, 2.05) is 4.90 Å². The number of piperazine rings is 1. The lowest BCUT2D eigenvalue weighted by atomic mass is 10.2. The van der Waals surface area contributed by atoms with Crippen molar-refractivity contribution in [3.8, 4) is 5.88 Å². The zero-order chi connectivity index (χ0) is 16.2. The molecule has 126 valence electrons. The van der Waals surface area contributed by atoms with Crippen LogP contribution < -0.4 is 4.74 Å². The molecular weight excluding hydrogens is 318 g/mol. The molecular formula is C16H22ClN3O3. The quantitative estimate of drug-likeness (QED) is 0.835. The Kier molecular flexibility index (Phi) is 5.35. The van der Waals surface area contributed by atoms with Gasteiger partial charge < -0.3 is 19.3 Å². The highest BCUT2D eigenvalue weighted by atomic mass is 35.5. The van der Waals surface area contributed by atoms with Crippen LogP contribution in [0, 0.1) is 0 Å². The van der Waals surface area contributed by atoms with Crippen LogP contribution in [0.15, 0.2) is 12.3 Å². The second-order valence-corrected chi connectivity index (χ2v) is 6.25. The Morgan fingerprint density at radius 2 is 2.22 bits per heavy atom. The molecule has 3 rings (SSSR count). The highest BCUT2D eigenvalue weighted by Crippen LogP contribution is 2.25. The number of carbonyl (C=O) groups excluding carboxylic acids is 1. The third kappa shape index (κ3) is 3.94. The number of carbonyl (C=O) groups is 1. The predicted molar refractivity (Wildman–Crippen MR) is 87.1 cm³/mol. The van der Waals surface area contributed by atoms with Gasteiger partial charge in [0.2, 0.25) is 5.88 Å². The Morgan fingerprint density at radius 3 is 2.83 bits per heavy atom. The molecule has 3 heterocycles. The van der Waals surface area contributed by atoms with E-state index in [9.17, 15) is 4.79 Å². The molecule has 1 amide bonds. The first-order valence-electron chi connectivity index (χ1n) is 8.09. The monoisotopic (exact) mass is 339 g/mol. The third-order valence-electron chi connectivity index (χ3n) is 4.33. The Labute approximate surface area is 141 Å². The summed E-state index contributed by atoms with van der Waals surface area (Å²) in [5.74, 6) is 0.348. The van der Waals surface area contributed by atoms with Crippen LogP contribution in [0.4, 0.5) is 0 Å². The maximum atomic E-state index is 12.6. The zero-order valence-electron chi connectivity index (χ0n) is 13.3. The van der Waals surface area contributed by atoms with Crippen molar-refractivity contribution in [2.24, 2.45) is 0 Å². The second kappa shape index (κ2) is 7.47. The molecule has 0 bridgehead atoms. The van der Waals surface area contributed by atoms with Crippen LogP contribution >= 0.6 is 11.6 Å². The van der Waals surface area contributed by atoms with Crippen LogP contribution in [0.2, 0.25) is 5.02 Å². The van der Waals surface area contributed by atoms with E-state index >= 15 is 0 Å². The molecule has 0 radical (unpaired) electrons. The Hall–Kier alpha value is -1.37. The van der Waals surface area contributed by atoms with Crippen molar-refractivity contribution >= 4 is 17.5 Å². The summed E-state index contributed by atoms with van der Waals surface area (Å²) in [5, 5.41) is 0.370. The molecule has 0 aliphatic carbocycles. The summed E-state index contributed by atoms with van der Waals surface area (Å²) in [7, 11) is 0. The van der Waals surface area contributed by atoms with E-state index in [2.05, 4.69) is 16.8 Å². The van der Waals surface area contributed by atoms with E-state index < -0.39 is 0 Å². The van der Waals surface area contributed by atoms with Gasteiger partial charge in [0.25, 0.3) is 5.91 Å². The minimum absolute atomic E-state index is 0.0105. The Morgan fingerprint density at radius 1 is 1.43 bits per heavy atom. The van der Waals surface area contributed by atoms with E-state index in [0.29, 0.717) is 29.7 Å². The van der Waals surface area contributed by atoms with E-state index in [4.69, 9.17) is 21.1 Å². The van der Waals surface area contributed by atoms with Crippen LogP contribution in [0.25, 0.3) is 0 Å². The van der Waals surface area contributed by atoms with Gasteiger partial charge in [0.1, 0.15) is 11.1 Å². The Bertz CT molecular complexity index is 556. The summed E-state index contributed by atoms with van der Waals surface area (Å²) in [6, 6.07) is 1.65. The smallest absolute Gasteiger partial charge is 0.255 e. The minimum atomic E-state index is -0.0223. The SMILES string of the molecule is CCN1CCN(C(=O)c2cnc(OC3CCOC3)c(Cl)c2)CC1. The first kappa shape index (κ1) is 16.5. The summed E-state index contributed by atoms with van der Waals surface area (Å²) < 4.78 is 11.0. The molecule has 2 aliphatic heterocycles. The van der Waals surface area contributed by atoms with E-state index in [1.165, 1.54) is 0 Å². The molecule has 0 spiro atoms. The molecule has 1 aromatic heterocycles. The lowest BCUT2D eigenvalue weighted by molar-refractivity contribution is 0.0642. The highest BCUT2D eigenvalue weighted by Gasteiger charge is 2.23. The molecule has 1 unspecified atom stereocenters. The molecule has 2 aliphatic rings. The van der Waals surface area contributed by atoms with Crippen molar-refractivity contribution in [3.05, 3.63) is 22.8 Å². The normalized spacial score (nSPS) is 22.3. The summed E-state index contributed by atoms with van der Waals surface area (Å²) in [6.07, 6.45) is 2.37. The standard InChI is InChI=1S/C16H22ClN3O3/c1-2-19-4-6-20(7-5-19)16(21)12-9-14(17)15(18-10-12)23-13-3-8-22-11-13/h9-10,13H,2-8,11H2,1H3. The number of ether oxygens (including phenoxy) is 2. The number of rotatable bonds is 4. The van der Waals surface area contributed by atoms with Crippen molar-refractivity contribution in [2.45, 2.75) is 19.4 Å². The molecule has 0 N–H and O–H groups in total. The zero-order valence-corrected chi connectivity index (χ0v) is 14.1. The lowest BCUT2D eigenvalue weighted by Gasteiger charge is -2.34. The largest absolute Gasteiger partial charge is 0.471 e. The molecule has 2 fully saturated rings. The van der Waals surface area contributed by atoms with E-state index in [-0.39, 0.29) is 12.0 Å². The molecule has 23 heavy (non-hydrogen) atoms. The van der Waals surface area contributed by atoms with Gasteiger partial charge in [0.05, 0.1) is 18.8 Å². The topological polar surface area (TPSA) is 54.9 Å². The van der Waals surface area contributed by atoms with Crippen LogP contribution in [0.1, 0.15) is 23.7 Å². The van der Waals surface area contributed by atoms with Crippen LogP contribution in [0.3, 0.4) is 0 Å². The van der Waals surface area contributed by atoms with Crippen LogP contribution in [-0.2, 0) is 4.74 Å². The van der Waals surface area contributed by atoms with E-state index in [0.717, 1.165) is 39.1 Å². The molecule has 7 heteroatoms. The summed E-state index contributed by atoms with van der Waals surface area (Å²) in [4.78, 5) is 21.0. The fourth-order valence-corrected chi connectivity index (χ4v) is 3.05.